The first-order valence-corrected chi connectivity index (χ1v) is 29.6. The highest BCUT2D eigenvalue weighted by Gasteiger charge is 2.32. The molecule has 0 aromatic rings. The Morgan fingerprint density at radius 1 is 0.360 bits per heavy atom. The Kier molecular flexibility index (Phi) is 53.2. The number of nitrogens with one attached hydrogen (secondary N) is 5. The molecule has 30 nitrogen and oxygen atoms in total. The maximum absolute atomic E-state index is 11.9. The third-order valence-electron chi connectivity index (χ3n) is 9.76. The van der Waals surface area contributed by atoms with Gasteiger partial charge in [-0.25, -0.2) is 19.2 Å². The van der Waals surface area contributed by atoms with E-state index in [2.05, 4.69) is 31.4 Å². The molecule has 1 heterocycles. The zero-order chi connectivity index (χ0) is 64.6. The molecule has 0 radical (unpaired) electrons. The molecule has 1 saturated heterocycles. The number of hydroxylamine groups is 2. The van der Waals surface area contributed by atoms with Gasteiger partial charge in [-0.05, 0) is 101 Å². The Morgan fingerprint density at radius 2 is 0.628 bits per heavy atom. The number of rotatable bonds is 48. The van der Waals surface area contributed by atoms with E-state index < -0.39 is 52.9 Å². The largest absolute Gasteiger partial charge is 0.444 e. The molecule has 0 unspecified atom stereocenters. The number of carbonyl (C=O) groups excluding carboxylic acids is 8. The summed E-state index contributed by atoms with van der Waals surface area (Å²) in [7, 11) is 0. The normalized spacial score (nSPS) is 12.3. The summed E-state index contributed by atoms with van der Waals surface area (Å²) in [6.07, 6.45) is 2.30. The summed E-state index contributed by atoms with van der Waals surface area (Å²) < 4.78 is 68.7. The van der Waals surface area contributed by atoms with Crippen molar-refractivity contribution in [1.82, 2.24) is 31.6 Å². The van der Waals surface area contributed by atoms with Crippen molar-refractivity contribution in [3.63, 3.8) is 0 Å². The number of nitrogens with two attached hydrogens (primary N) is 2. The van der Waals surface area contributed by atoms with Gasteiger partial charge in [0.2, 0.25) is 11.8 Å². The second kappa shape index (κ2) is 55.2. The molecule has 1 aliphatic rings. The molecule has 0 spiro atoms. The number of nitrogens with zero attached hydrogens (tertiary/aromatic N) is 1. The Labute approximate surface area is 509 Å². The molecule has 0 bridgehead atoms. The number of imide groups is 1. The highest BCUT2D eigenvalue weighted by atomic mass is 16.7. The third-order valence-corrected chi connectivity index (χ3v) is 9.76. The van der Waals surface area contributed by atoms with Crippen molar-refractivity contribution in [1.29, 1.82) is 0 Å². The number of hydrogen-bond acceptors (Lipinski definition) is 24. The van der Waals surface area contributed by atoms with Crippen LogP contribution in [-0.2, 0) is 90.4 Å². The summed E-state index contributed by atoms with van der Waals surface area (Å²) in [4.78, 5) is 96.8. The van der Waals surface area contributed by atoms with Crippen molar-refractivity contribution in [3.8, 4) is 0 Å². The lowest BCUT2D eigenvalue weighted by Crippen LogP contribution is -2.34. The molecule has 30 heteroatoms. The van der Waals surface area contributed by atoms with Crippen LogP contribution in [0.1, 0.15) is 120 Å². The van der Waals surface area contributed by atoms with Gasteiger partial charge in [0, 0.05) is 84.8 Å². The van der Waals surface area contributed by atoms with E-state index in [1.54, 1.807) is 62.3 Å². The molecule has 504 valence electrons. The second-order valence-corrected chi connectivity index (χ2v) is 21.4. The highest BCUT2D eigenvalue weighted by molar-refractivity contribution is 6.01. The number of amides is 7. The van der Waals surface area contributed by atoms with Gasteiger partial charge in [-0.2, -0.15) is 0 Å². The van der Waals surface area contributed by atoms with E-state index in [4.69, 9.17) is 73.0 Å². The van der Waals surface area contributed by atoms with E-state index >= 15 is 0 Å². The average Bonchev–Trinajstić information content (AvgIpc) is 3.83. The summed E-state index contributed by atoms with van der Waals surface area (Å²) in [5.74, 6) is -1.92. The molecule has 9 N–H and O–H groups in total. The first-order valence-electron chi connectivity index (χ1n) is 29.6. The molecule has 0 saturated carbocycles. The molecule has 0 aliphatic carbocycles. The monoisotopic (exact) mass is 1240 g/mol. The van der Waals surface area contributed by atoms with E-state index in [9.17, 15) is 38.4 Å². The second-order valence-electron chi connectivity index (χ2n) is 21.4. The summed E-state index contributed by atoms with van der Waals surface area (Å²) in [6.45, 7) is 27.8. The maximum atomic E-state index is 11.9. The third kappa shape index (κ3) is 63.4. The van der Waals surface area contributed by atoms with Gasteiger partial charge >= 0.3 is 24.2 Å². The van der Waals surface area contributed by atoms with Gasteiger partial charge in [-0.3, -0.25) is 19.2 Å². The van der Waals surface area contributed by atoms with Crippen molar-refractivity contribution in [3.05, 3.63) is 0 Å². The van der Waals surface area contributed by atoms with E-state index in [0.29, 0.717) is 163 Å². The number of hydrogen-bond donors (Lipinski definition) is 7. The van der Waals surface area contributed by atoms with Gasteiger partial charge in [0.1, 0.15) is 16.8 Å². The van der Waals surface area contributed by atoms with Gasteiger partial charge in [0.15, 0.2) is 0 Å². The van der Waals surface area contributed by atoms with Crippen molar-refractivity contribution in [2.45, 2.75) is 137 Å². The molecule has 0 aromatic heterocycles. The number of ether oxygens (including phenoxy) is 13. The Balaban J connectivity index is 0. The zero-order valence-corrected chi connectivity index (χ0v) is 53.0. The fraction of sp³-hybridized carbons (Fsp3) is 0.857. The topological polar surface area (TPSA) is 381 Å². The maximum Gasteiger partial charge on any atom is 0.407 e. The van der Waals surface area contributed by atoms with Gasteiger partial charge in [0.05, 0.1) is 112 Å². The van der Waals surface area contributed by atoms with Crippen LogP contribution >= 0.6 is 0 Å². The minimum Gasteiger partial charge on any atom is -0.444 e. The SMILES string of the molecule is CC(C)(C)OC(=O)NCCOCCOCCC(=O)NCCCOCCOCCCNC(=O)CCOCCOCCNC(=O)OC(C)(C)C.CC(C)(C)OC(=O)NCCOCCOCCC(=O)ON1C(=O)CCC1=O.NCCCOCCOCCCN. The molecule has 7 amide bonds. The van der Waals surface area contributed by atoms with Crippen LogP contribution in [0.4, 0.5) is 14.4 Å². The lowest BCUT2D eigenvalue weighted by atomic mass is 10.2. The molecule has 1 rings (SSSR count). The summed E-state index contributed by atoms with van der Waals surface area (Å²) in [6, 6.07) is 0. The molecular weight excluding hydrogens is 1140 g/mol. The summed E-state index contributed by atoms with van der Waals surface area (Å²) in [5, 5.41) is 13.9. The molecular formula is C56H108N8O22. The van der Waals surface area contributed by atoms with Gasteiger partial charge in [0.25, 0.3) is 11.8 Å². The van der Waals surface area contributed by atoms with Crippen LogP contribution < -0.4 is 38.1 Å². The first kappa shape index (κ1) is 82.9. The predicted octanol–water partition coefficient (Wildman–Crippen LogP) is 2.19. The molecule has 1 aliphatic heterocycles. The summed E-state index contributed by atoms with van der Waals surface area (Å²) in [5.41, 5.74) is 8.95. The fourth-order valence-corrected chi connectivity index (χ4v) is 5.87. The Morgan fingerprint density at radius 3 is 0.919 bits per heavy atom. The smallest absolute Gasteiger partial charge is 0.407 e. The lowest BCUT2D eigenvalue weighted by molar-refractivity contribution is -0.198. The van der Waals surface area contributed by atoms with E-state index in [1.165, 1.54) is 0 Å². The van der Waals surface area contributed by atoms with Gasteiger partial charge in [-0.1, -0.05) is 0 Å². The van der Waals surface area contributed by atoms with Gasteiger partial charge < -0.3 is 104 Å². The van der Waals surface area contributed by atoms with Crippen molar-refractivity contribution < 1.29 is 105 Å². The summed E-state index contributed by atoms with van der Waals surface area (Å²) >= 11 is 0. The Bertz CT molecular complexity index is 1680. The first-order chi connectivity index (χ1) is 40.9. The lowest BCUT2D eigenvalue weighted by Gasteiger charge is -2.19. The minimum absolute atomic E-state index is 0.0583. The van der Waals surface area contributed by atoms with Crippen molar-refractivity contribution in [2.24, 2.45) is 11.5 Å². The fourth-order valence-electron chi connectivity index (χ4n) is 5.87. The van der Waals surface area contributed by atoms with Crippen LogP contribution in [-0.4, -0.2) is 248 Å². The van der Waals surface area contributed by atoms with Gasteiger partial charge in [-0.15, -0.1) is 5.06 Å². The van der Waals surface area contributed by atoms with Crippen LogP contribution in [0.25, 0.3) is 0 Å². The van der Waals surface area contributed by atoms with Crippen LogP contribution in [0.2, 0.25) is 0 Å². The van der Waals surface area contributed by atoms with Crippen LogP contribution in [0.3, 0.4) is 0 Å². The quantitative estimate of drug-likeness (QED) is 0.0261. The predicted molar refractivity (Wildman–Crippen MR) is 315 cm³/mol. The molecule has 1 fully saturated rings. The van der Waals surface area contributed by atoms with Crippen LogP contribution in [0, 0.1) is 0 Å². The average molecular weight is 1250 g/mol. The van der Waals surface area contributed by atoms with Crippen LogP contribution in [0.5, 0.6) is 0 Å². The molecule has 0 atom stereocenters. The van der Waals surface area contributed by atoms with E-state index in [1.807, 2.05) is 0 Å². The van der Waals surface area contributed by atoms with E-state index in [-0.39, 0.29) is 63.7 Å². The zero-order valence-electron chi connectivity index (χ0n) is 53.0. The van der Waals surface area contributed by atoms with Crippen LogP contribution in [0.15, 0.2) is 0 Å². The Hall–Kier alpha value is -5.12. The number of alkyl carbamates (subject to hydrolysis) is 3. The highest BCUT2D eigenvalue weighted by Crippen LogP contribution is 2.13. The number of carbonyl (C=O) groups is 8. The van der Waals surface area contributed by atoms with E-state index in [0.717, 1.165) is 26.1 Å². The molecule has 86 heavy (non-hydrogen) atoms. The standard InChI is InChI=1S/C32H62N4O12.C16H26N2O8.C8H20N2O2/c1-31(2,3)47-29(39)35-13-19-45-25-23-43-17-9-27(37)33-11-7-15-41-21-22-42-16-8-12-34-28(38)10-18-44-24-26-46-20-14-36-30(40)48-32(4,5)6;1-16(2,3)25-15(22)17-7-9-24-11-10-23-8-6-14(21)26-18-12(19)4-5-13(18)20;9-3-1-5-11-7-8-12-6-2-4-10/h7-26H2,1-6H3,(H,33,37)(H,34,38)(H,35,39)(H,36,40);4-11H2,1-3H3,(H,17,22);1-10H2. The molecule has 0 aromatic carbocycles. The van der Waals surface area contributed by atoms with Crippen molar-refractivity contribution >= 4 is 47.9 Å². The minimum atomic E-state index is -0.712. The van der Waals surface area contributed by atoms with Crippen molar-refractivity contribution in [2.75, 3.05) is 178 Å².